The van der Waals surface area contributed by atoms with Crippen molar-refractivity contribution in [3.63, 3.8) is 0 Å². The van der Waals surface area contributed by atoms with Gasteiger partial charge in [-0.05, 0) is 40.9 Å². The SMILES string of the molecule is I.NC(=NCCc1csc2ccccc12)Nc1ccc2c(c1)OCCCO2. The zero-order valence-corrected chi connectivity index (χ0v) is 18.0. The van der Waals surface area contributed by atoms with Crippen LogP contribution in [-0.4, -0.2) is 25.7 Å². The van der Waals surface area contributed by atoms with Crippen molar-refractivity contribution in [3.8, 4) is 11.5 Å². The van der Waals surface area contributed by atoms with Crippen molar-refractivity contribution in [1.82, 2.24) is 0 Å². The number of nitrogens with two attached hydrogens (primary N) is 1. The minimum absolute atomic E-state index is 0. The molecule has 0 unspecified atom stereocenters. The number of guanidine groups is 1. The molecule has 5 nitrogen and oxygen atoms in total. The largest absolute Gasteiger partial charge is 0.490 e. The van der Waals surface area contributed by atoms with Crippen LogP contribution in [0.1, 0.15) is 12.0 Å². The van der Waals surface area contributed by atoms with E-state index < -0.39 is 0 Å². The van der Waals surface area contributed by atoms with Crippen molar-refractivity contribution in [2.45, 2.75) is 12.8 Å². The first-order valence-electron chi connectivity index (χ1n) is 8.71. The summed E-state index contributed by atoms with van der Waals surface area (Å²) in [7, 11) is 0. The quantitative estimate of drug-likeness (QED) is 0.314. The summed E-state index contributed by atoms with van der Waals surface area (Å²) >= 11 is 1.77. The highest BCUT2D eigenvalue weighted by Crippen LogP contribution is 2.32. The second kappa shape index (κ2) is 9.27. The van der Waals surface area contributed by atoms with Crippen LogP contribution in [0.4, 0.5) is 5.69 Å². The number of nitrogens with zero attached hydrogens (tertiary/aromatic N) is 1. The minimum Gasteiger partial charge on any atom is -0.490 e. The lowest BCUT2D eigenvalue weighted by molar-refractivity contribution is 0.297. The van der Waals surface area contributed by atoms with Crippen LogP contribution in [0.5, 0.6) is 11.5 Å². The van der Waals surface area contributed by atoms with Crippen molar-refractivity contribution in [3.05, 3.63) is 53.4 Å². The number of rotatable bonds is 4. The van der Waals surface area contributed by atoms with E-state index in [1.807, 2.05) is 18.2 Å². The molecule has 0 saturated carbocycles. The van der Waals surface area contributed by atoms with E-state index in [-0.39, 0.29) is 24.0 Å². The topological polar surface area (TPSA) is 68.9 Å². The Morgan fingerprint density at radius 3 is 2.81 bits per heavy atom. The molecule has 1 aliphatic heterocycles. The summed E-state index contributed by atoms with van der Waals surface area (Å²) in [4.78, 5) is 4.45. The Hall–Kier alpha value is -2.00. The number of aliphatic imine (C=N–C) groups is 1. The molecule has 142 valence electrons. The Morgan fingerprint density at radius 2 is 1.93 bits per heavy atom. The van der Waals surface area contributed by atoms with Gasteiger partial charge in [-0.1, -0.05) is 18.2 Å². The summed E-state index contributed by atoms with van der Waals surface area (Å²) in [5, 5.41) is 6.63. The van der Waals surface area contributed by atoms with Crippen LogP contribution < -0.4 is 20.5 Å². The van der Waals surface area contributed by atoms with Crippen LogP contribution in [-0.2, 0) is 6.42 Å². The van der Waals surface area contributed by atoms with Gasteiger partial charge in [-0.25, -0.2) is 0 Å². The maximum atomic E-state index is 6.03. The van der Waals surface area contributed by atoms with Crippen LogP contribution in [0.3, 0.4) is 0 Å². The number of nitrogens with one attached hydrogen (secondary N) is 1. The van der Waals surface area contributed by atoms with Crippen LogP contribution in [0.25, 0.3) is 10.1 Å². The van der Waals surface area contributed by atoms with Crippen molar-refractivity contribution in [2.24, 2.45) is 10.7 Å². The highest BCUT2D eigenvalue weighted by atomic mass is 127. The van der Waals surface area contributed by atoms with E-state index >= 15 is 0 Å². The summed E-state index contributed by atoms with van der Waals surface area (Å²) in [6.45, 7) is 1.99. The first-order valence-corrected chi connectivity index (χ1v) is 9.59. The van der Waals surface area contributed by atoms with Crippen molar-refractivity contribution in [1.29, 1.82) is 0 Å². The monoisotopic (exact) mass is 495 g/mol. The van der Waals surface area contributed by atoms with Gasteiger partial charge in [-0.3, -0.25) is 4.99 Å². The fraction of sp³-hybridized carbons (Fsp3) is 0.250. The summed E-state index contributed by atoms with van der Waals surface area (Å²) in [5.74, 6) is 1.91. The number of hydrogen-bond acceptors (Lipinski definition) is 4. The van der Waals surface area contributed by atoms with Crippen LogP contribution in [0.2, 0.25) is 0 Å². The minimum atomic E-state index is 0. The molecule has 0 radical (unpaired) electrons. The van der Waals surface area contributed by atoms with E-state index in [9.17, 15) is 0 Å². The maximum Gasteiger partial charge on any atom is 0.193 e. The molecule has 27 heavy (non-hydrogen) atoms. The summed E-state index contributed by atoms with van der Waals surface area (Å²) < 4.78 is 12.6. The second-order valence-electron chi connectivity index (χ2n) is 6.11. The Labute approximate surface area is 179 Å². The van der Waals surface area contributed by atoms with Crippen molar-refractivity contribution >= 4 is 57.0 Å². The third-order valence-corrected chi connectivity index (χ3v) is 5.26. The number of hydrogen-bond donors (Lipinski definition) is 2. The van der Waals surface area contributed by atoms with Crippen molar-refractivity contribution in [2.75, 3.05) is 25.1 Å². The van der Waals surface area contributed by atoms with Crippen LogP contribution in [0.15, 0.2) is 52.8 Å². The zero-order chi connectivity index (χ0) is 17.8. The second-order valence-corrected chi connectivity index (χ2v) is 7.02. The number of ether oxygens (including phenoxy) is 2. The Bertz CT molecular complexity index is 942. The van der Waals surface area contributed by atoms with Gasteiger partial charge >= 0.3 is 0 Å². The number of benzene rings is 2. The highest BCUT2D eigenvalue weighted by molar-refractivity contribution is 14.0. The van der Waals surface area contributed by atoms with E-state index in [1.54, 1.807) is 11.3 Å². The van der Waals surface area contributed by atoms with Crippen molar-refractivity contribution < 1.29 is 9.47 Å². The zero-order valence-electron chi connectivity index (χ0n) is 14.8. The lowest BCUT2D eigenvalue weighted by Gasteiger charge is -2.10. The highest BCUT2D eigenvalue weighted by Gasteiger charge is 2.11. The fourth-order valence-electron chi connectivity index (χ4n) is 2.95. The predicted octanol–water partition coefficient (Wildman–Crippen LogP) is 4.65. The molecule has 0 spiro atoms. The first kappa shape index (κ1) is 19.8. The Kier molecular flexibility index (Phi) is 6.78. The van der Waals surface area contributed by atoms with E-state index in [0.717, 1.165) is 30.0 Å². The molecular weight excluding hydrogens is 473 g/mol. The molecule has 1 aliphatic rings. The molecule has 3 aromatic rings. The van der Waals surface area contributed by atoms with Crippen LogP contribution in [0, 0.1) is 0 Å². The van der Waals surface area contributed by atoms with Gasteiger partial charge in [0.2, 0.25) is 0 Å². The van der Waals surface area contributed by atoms with E-state index in [0.29, 0.717) is 25.7 Å². The average Bonchev–Trinajstić information content (AvgIpc) is 2.91. The van der Waals surface area contributed by atoms with E-state index in [1.165, 1.54) is 15.6 Å². The maximum absolute atomic E-state index is 6.03. The molecule has 0 bridgehead atoms. The fourth-order valence-corrected chi connectivity index (χ4v) is 3.95. The summed E-state index contributed by atoms with van der Waals surface area (Å²) in [6, 6.07) is 14.2. The average molecular weight is 495 g/mol. The number of halogens is 1. The van der Waals surface area contributed by atoms with Gasteiger partial charge < -0.3 is 20.5 Å². The normalized spacial score (nSPS) is 13.7. The standard InChI is InChI=1S/C20H21N3O2S.HI/c21-20(22-9-8-14-13-26-19-5-2-1-4-16(14)19)23-15-6-7-17-18(12-15)25-11-3-10-24-17;/h1-2,4-7,12-13H,3,8-11H2,(H3,21,22,23);1H. The smallest absolute Gasteiger partial charge is 0.193 e. The summed E-state index contributed by atoms with van der Waals surface area (Å²) in [6.07, 6.45) is 1.76. The van der Waals surface area contributed by atoms with Gasteiger partial charge in [-0.15, -0.1) is 35.3 Å². The van der Waals surface area contributed by atoms with Gasteiger partial charge in [0.25, 0.3) is 0 Å². The first-order chi connectivity index (χ1) is 12.8. The molecule has 0 fully saturated rings. The Balaban J connectivity index is 0.00000210. The molecule has 0 saturated heterocycles. The lowest BCUT2D eigenvalue weighted by Crippen LogP contribution is -2.23. The molecule has 7 heteroatoms. The molecule has 1 aromatic heterocycles. The lowest BCUT2D eigenvalue weighted by atomic mass is 10.1. The summed E-state index contributed by atoms with van der Waals surface area (Å²) in [5.41, 5.74) is 8.20. The third kappa shape index (κ3) is 4.84. The van der Waals surface area contributed by atoms with Gasteiger partial charge in [0.1, 0.15) is 0 Å². The molecule has 0 atom stereocenters. The molecular formula is C20H22IN3O2S. The predicted molar refractivity (Wildman–Crippen MR) is 123 cm³/mol. The molecule has 3 N–H and O–H groups in total. The van der Waals surface area contributed by atoms with Gasteiger partial charge in [-0.2, -0.15) is 0 Å². The molecule has 4 rings (SSSR count). The third-order valence-electron chi connectivity index (χ3n) is 4.24. The molecule has 0 aliphatic carbocycles. The van der Waals surface area contributed by atoms with E-state index in [2.05, 4.69) is 40.0 Å². The van der Waals surface area contributed by atoms with Crippen LogP contribution >= 0.6 is 35.3 Å². The molecule has 2 heterocycles. The number of anilines is 1. The van der Waals surface area contributed by atoms with E-state index in [4.69, 9.17) is 15.2 Å². The van der Waals surface area contributed by atoms with Gasteiger partial charge in [0.05, 0.1) is 13.2 Å². The van der Waals surface area contributed by atoms with Gasteiger partial charge in [0, 0.05) is 29.4 Å². The number of thiophene rings is 1. The Morgan fingerprint density at radius 1 is 1.11 bits per heavy atom. The molecule has 0 amide bonds. The number of fused-ring (bicyclic) bond motifs is 2. The molecule has 2 aromatic carbocycles. The van der Waals surface area contributed by atoms with Gasteiger partial charge in [0.15, 0.2) is 17.5 Å².